The van der Waals surface area contributed by atoms with Crippen molar-refractivity contribution in [3.05, 3.63) is 28.2 Å². The largest absolute Gasteiger partial charge is 0.478 e. The summed E-state index contributed by atoms with van der Waals surface area (Å²) in [6, 6.07) is 4.80. The third-order valence-corrected chi connectivity index (χ3v) is 3.51. The van der Waals surface area contributed by atoms with Gasteiger partial charge in [-0.3, -0.25) is 4.79 Å². The van der Waals surface area contributed by atoms with Crippen LogP contribution in [-0.2, 0) is 4.79 Å². The molecular formula is C13H16BrNO3. The predicted octanol–water partition coefficient (Wildman–Crippen LogP) is 3.52. The monoisotopic (exact) mass is 313 g/mol. The Morgan fingerprint density at radius 3 is 2.44 bits per heavy atom. The number of carboxylic acid groups (broad SMARTS) is 1. The fraction of sp³-hybridized carbons (Fsp3) is 0.385. The maximum atomic E-state index is 12.0. The standard InChI is InChI=1S/C13H16BrNO3/c1-3-8(4-2)12(16)15-11-9(13(17)18)6-5-7-10(11)14/h5-8H,3-4H2,1-2H3,(H,15,16)(H,17,18). The van der Waals surface area contributed by atoms with Crippen molar-refractivity contribution in [2.24, 2.45) is 5.92 Å². The zero-order valence-corrected chi connectivity index (χ0v) is 12.0. The number of halogens is 1. The number of anilines is 1. The van der Waals surface area contributed by atoms with Gasteiger partial charge >= 0.3 is 5.97 Å². The molecule has 1 aromatic rings. The first-order valence-electron chi connectivity index (χ1n) is 5.83. The van der Waals surface area contributed by atoms with E-state index in [1.54, 1.807) is 12.1 Å². The van der Waals surface area contributed by atoms with E-state index in [0.717, 1.165) is 12.8 Å². The van der Waals surface area contributed by atoms with Crippen LogP contribution in [0.2, 0.25) is 0 Å². The lowest BCUT2D eigenvalue weighted by atomic mass is 10.0. The number of hydrogen-bond donors (Lipinski definition) is 2. The van der Waals surface area contributed by atoms with Crippen LogP contribution in [0.1, 0.15) is 37.0 Å². The second-order valence-corrected chi connectivity index (χ2v) is 4.82. The number of carbonyl (C=O) groups is 2. The fourth-order valence-corrected chi connectivity index (χ4v) is 2.18. The van der Waals surface area contributed by atoms with Crippen LogP contribution >= 0.6 is 15.9 Å². The molecule has 1 rings (SSSR count). The molecule has 0 aromatic heterocycles. The third kappa shape index (κ3) is 3.32. The first-order chi connectivity index (χ1) is 8.51. The highest BCUT2D eigenvalue weighted by molar-refractivity contribution is 9.10. The van der Waals surface area contributed by atoms with Crippen molar-refractivity contribution in [1.82, 2.24) is 0 Å². The highest BCUT2D eigenvalue weighted by Crippen LogP contribution is 2.27. The average Bonchev–Trinajstić information content (AvgIpc) is 2.33. The van der Waals surface area contributed by atoms with Gasteiger partial charge in [-0.25, -0.2) is 4.79 Å². The van der Waals surface area contributed by atoms with Gasteiger partial charge in [0, 0.05) is 10.4 Å². The van der Waals surface area contributed by atoms with Gasteiger partial charge in [0.15, 0.2) is 0 Å². The minimum Gasteiger partial charge on any atom is -0.478 e. The van der Waals surface area contributed by atoms with Gasteiger partial charge in [0.05, 0.1) is 11.3 Å². The molecule has 1 aromatic carbocycles. The molecule has 0 spiro atoms. The molecule has 98 valence electrons. The molecule has 4 nitrogen and oxygen atoms in total. The SMILES string of the molecule is CCC(CC)C(=O)Nc1c(Br)cccc1C(=O)O. The number of nitrogens with one attached hydrogen (secondary N) is 1. The van der Waals surface area contributed by atoms with Crippen molar-refractivity contribution in [2.75, 3.05) is 5.32 Å². The number of benzene rings is 1. The number of rotatable bonds is 5. The quantitative estimate of drug-likeness (QED) is 0.874. The predicted molar refractivity (Wildman–Crippen MR) is 73.8 cm³/mol. The van der Waals surface area contributed by atoms with Gasteiger partial charge in [-0.05, 0) is 40.9 Å². The molecule has 0 aliphatic heterocycles. The zero-order chi connectivity index (χ0) is 13.7. The van der Waals surface area contributed by atoms with Crippen molar-refractivity contribution < 1.29 is 14.7 Å². The van der Waals surface area contributed by atoms with Crippen molar-refractivity contribution in [3.8, 4) is 0 Å². The summed E-state index contributed by atoms with van der Waals surface area (Å²) < 4.78 is 0.571. The van der Waals surface area contributed by atoms with E-state index in [1.165, 1.54) is 6.07 Å². The van der Waals surface area contributed by atoms with Crippen LogP contribution in [0, 0.1) is 5.92 Å². The van der Waals surface area contributed by atoms with Crippen LogP contribution in [0.25, 0.3) is 0 Å². The van der Waals surface area contributed by atoms with E-state index in [-0.39, 0.29) is 17.4 Å². The molecule has 5 heteroatoms. The normalized spacial score (nSPS) is 10.4. The summed E-state index contributed by atoms with van der Waals surface area (Å²) in [5.41, 5.74) is 0.408. The van der Waals surface area contributed by atoms with Crippen LogP contribution in [-0.4, -0.2) is 17.0 Å². The number of aromatic carboxylic acids is 1. The Hall–Kier alpha value is -1.36. The topological polar surface area (TPSA) is 66.4 Å². The van der Waals surface area contributed by atoms with Crippen LogP contribution in [0.15, 0.2) is 22.7 Å². The lowest BCUT2D eigenvalue weighted by molar-refractivity contribution is -0.120. The second-order valence-electron chi connectivity index (χ2n) is 3.97. The molecule has 0 saturated carbocycles. The summed E-state index contributed by atoms with van der Waals surface area (Å²) in [6.45, 7) is 3.87. The summed E-state index contributed by atoms with van der Waals surface area (Å²) in [6.07, 6.45) is 1.46. The molecule has 0 radical (unpaired) electrons. The minimum atomic E-state index is -1.06. The van der Waals surface area contributed by atoms with Crippen molar-refractivity contribution in [3.63, 3.8) is 0 Å². The van der Waals surface area contributed by atoms with E-state index in [9.17, 15) is 9.59 Å². The fourth-order valence-electron chi connectivity index (χ4n) is 1.71. The Balaban J connectivity index is 3.03. The molecule has 0 unspecified atom stereocenters. The van der Waals surface area contributed by atoms with Crippen molar-refractivity contribution >= 4 is 33.5 Å². The second kappa shape index (κ2) is 6.54. The summed E-state index contributed by atoms with van der Waals surface area (Å²) >= 11 is 3.26. The summed E-state index contributed by atoms with van der Waals surface area (Å²) in [5, 5.41) is 11.8. The third-order valence-electron chi connectivity index (χ3n) is 2.85. The highest BCUT2D eigenvalue weighted by atomic mass is 79.9. The number of amides is 1. The van der Waals surface area contributed by atoms with E-state index in [1.807, 2.05) is 13.8 Å². The van der Waals surface area contributed by atoms with Gasteiger partial charge in [-0.2, -0.15) is 0 Å². The van der Waals surface area contributed by atoms with Gasteiger partial charge in [0.25, 0.3) is 0 Å². The van der Waals surface area contributed by atoms with E-state index in [2.05, 4.69) is 21.2 Å². The molecule has 1 amide bonds. The molecule has 0 aliphatic carbocycles. The van der Waals surface area contributed by atoms with Crippen LogP contribution in [0.4, 0.5) is 5.69 Å². The van der Waals surface area contributed by atoms with Gasteiger partial charge < -0.3 is 10.4 Å². The number of carboxylic acids is 1. The molecule has 18 heavy (non-hydrogen) atoms. The number of para-hydroxylation sites is 1. The summed E-state index contributed by atoms with van der Waals surface area (Å²) in [5.74, 6) is -1.30. The molecular weight excluding hydrogens is 298 g/mol. The Kier molecular flexibility index (Phi) is 5.34. The zero-order valence-electron chi connectivity index (χ0n) is 10.4. The van der Waals surface area contributed by atoms with Gasteiger partial charge in [0.1, 0.15) is 0 Å². The molecule has 0 saturated heterocycles. The molecule has 0 heterocycles. The van der Waals surface area contributed by atoms with Gasteiger partial charge in [-0.15, -0.1) is 0 Å². The number of carbonyl (C=O) groups excluding carboxylic acids is 1. The smallest absolute Gasteiger partial charge is 0.337 e. The Morgan fingerprint density at radius 1 is 1.33 bits per heavy atom. The molecule has 2 N–H and O–H groups in total. The first kappa shape index (κ1) is 14.7. The van der Waals surface area contributed by atoms with Crippen molar-refractivity contribution in [1.29, 1.82) is 0 Å². The van der Waals surface area contributed by atoms with Crippen LogP contribution in [0.3, 0.4) is 0 Å². The van der Waals surface area contributed by atoms with Gasteiger partial charge in [0.2, 0.25) is 5.91 Å². The van der Waals surface area contributed by atoms with Crippen LogP contribution < -0.4 is 5.32 Å². The summed E-state index contributed by atoms with van der Waals surface area (Å²) in [4.78, 5) is 23.1. The Labute approximate surface area is 115 Å². The molecule has 0 bridgehead atoms. The van der Waals surface area contributed by atoms with Gasteiger partial charge in [-0.1, -0.05) is 19.9 Å². The lowest BCUT2D eigenvalue weighted by Gasteiger charge is -2.15. The lowest BCUT2D eigenvalue weighted by Crippen LogP contribution is -2.23. The Morgan fingerprint density at radius 2 is 1.94 bits per heavy atom. The minimum absolute atomic E-state index is 0.0867. The average molecular weight is 314 g/mol. The van der Waals surface area contributed by atoms with Crippen molar-refractivity contribution in [2.45, 2.75) is 26.7 Å². The first-order valence-corrected chi connectivity index (χ1v) is 6.63. The molecule has 0 aliphatic rings. The van der Waals surface area contributed by atoms with E-state index >= 15 is 0 Å². The van der Waals surface area contributed by atoms with E-state index < -0.39 is 5.97 Å². The molecule has 0 fully saturated rings. The maximum absolute atomic E-state index is 12.0. The Bertz CT molecular complexity index is 456. The highest BCUT2D eigenvalue weighted by Gasteiger charge is 2.19. The van der Waals surface area contributed by atoms with E-state index in [4.69, 9.17) is 5.11 Å². The maximum Gasteiger partial charge on any atom is 0.337 e. The van der Waals surface area contributed by atoms with Crippen LogP contribution in [0.5, 0.6) is 0 Å². The molecule has 0 atom stereocenters. The van der Waals surface area contributed by atoms with E-state index in [0.29, 0.717) is 10.2 Å². The number of hydrogen-bond acceptors (Lipinski definition) is 2. The summed E-state index contributed by atoms with van der Waals surface area (Å²) in [7, 11) is 0.